The molecule has 0 bridgehead atoms. The summed E-state index contributed by atoms with van der Waals surface area (Å²) in [6.45, 7) is 7.12. The van der Waals surface area contributed by atoms with Gasteiger partial charge >= 0.3 is 5.17 Å². The van der Waals surface area contributed by atoms with E-state index in [0.717, 1.165) is 28.0 Å². The molecule has 30 heavy (non-hydrogen) atoms. The standard InChI is InChI=1S/C19H19Cl2N3S.C2H3NOS/c1-12(2)18-19(25-17-9-15(20)8-16(21)10-17)24(13(3)23-18)11-14-4-6-22-7-5-14;1-3-2(5)4-3/h4-10,12H,11H2,1-3H3;1H3. The monoisotopic (exact) mass is 480 g/mol. The van der Waals surface area contributed by atoms with Gasteiger partial charge in [-0.1, -0.05) is 48.8 Å². The second-order valence-corrected chi connectivity index (χ2v) is 9.29. The van der Waals surface area contributed by atoms with Crippen LogP contribution in [0.4, 0.5) is 0 Å². The van der Waals surface area contributed by atoms with E-state index in [1.165, 1.54) is 10.6 Å². The molecular formula is C21H22Cl2N4OS2. The zero-order valence-electron chi connectivity index (χ0n) is 17.1. The Bertz CT molecular complexity index is 1020. The number of thiocarbonyl (C=S) groups is 1. The highest BCUT2D eigenvalue weighted by atomic mass is 35.5. The number of benzene rings is 1. The maximum Gasteiger partial charge on any atom is 0.322 e. The molecule has 158 valence electrons. The predicted octanol–water partition coefficient (Wildman–Crippen LogP) is 6.36. The molecule has 5 nitrogen and oxygen atoms in total. The van der Waals surface area contributed by atoms with E-state index in [9.17, 15) is 0 Å². The van der Waals surface area contributed by atoms with Crippen LogP contribution in [0.25, 0.3) is 0 Å². The Morgan fingerprint density at radius 3 is 2.20 bits per heavy atom. The zero-order chi connectivity index (χ0) is 21.8. The van der Waals surface area contributed by atoms with Crippen molar-refractivity contribution in [2.75, 3.05) is 7.05 Å². The minimum Gasteiger partial charge on any atom is -0.342 e. The number of hydroxylamine groups is 2. The van der Waals surface area contributed by atoms with Crippen molar-refractivity contribution in [2.24, 2.45) is 0 Å². The van der Waals surface area contributed by atoms with Gasteiger partial charge < -0.3 is 9.40 Å². The number of nitrogens with zero attached hydrogens (tertiary/aromatic N) is 4. The van der Waals surface area contributed by atoms with Crippen molar-refractivity contribution in [3.63, 3.8) is 0 Å². The highest BCUT2D eigenvalue weighted by Crippen LogP contribution is 2.37. The Hall–Kier alpha value is -1.80. The average molecular weight is 481 g/mol. The smallest absolute Gasteiger partial charge is 0.322 e. The fraction of sp³-hybridized carbons (Fsp3) is 0.286. The first-order valence-electron chi connectivity index (χ1n) is 9.30. The van der Waals surface area contributed by atoms with Crippen molar-refractivity contribution >= 4 is 52.4 Å². The van der Waals surface area contributed by atoms with E-state index in [-0.39, 0.29) is 0 Å². The van der Waals surface area contributed by atoms with Gasteiger partial charge in [-0.2, -0.15) is 5.06 Å². The van der Waals surface area contributed by atoms with E-state index in [0.29, 0.717) is 21.1 Å². The summed E-state index contributed by atoms with van der Waals surface area (Å²) < 4.78 is 2.24. The van der Waals surface area contributed by atoms with Crippen molar-refractivity contribution in [3.05, 3.63) is 69.9 Å². The summed E-state index contributed by atoms with van der Waals surface area (Å²) in [5.41, 5.74) is 2.28. The van der Waals surface area contributed by atoms with Crippen LogP contribution >= 0.6 is 47.2 Å². The highest BCUT2D eigenvalue weighted by molar-refractivity contribution is 7.99. The Morgan fingerprint density at radius 2 is 1.70 bits per heavy atom. The van der Waals surface area contributed by atoms with Crippen molar-refractivity contribution in [3.8, 4) is 0 Å². The van der Waals surface area contributed by atoms with Crippen molar-refractivity contribution in [1.82, 2.24) is 19.6 Å². The van der Waals surface area contributed by atoms with Crippen LogP contribution in [0.15, 0.2) is 52.6 Å². The molecule has 0 aliphatic carbocycles. The van der Waals surface area contributed by atoms with Crippen molar-refractivity contribution in [1.29, 1.82) is 0 Å². The molecule has 1 aromatic carbocycles. The molecule has 1 aliphatic heterocycles. The molecule has 0 radical (unpaired) electrons. The second kappa shape index (κ2) is 10.0. The molecule has 1 fully saturated rings. The van der Waals surface area contributed by atoms with E-state index in [2.05, 4.69) is 40.5 Å². The number of pyridine rings is 1. The lowest BCUT2D eigenvalue weighted by molar-refractivity contribution is 0.243. The van der Waals surface area contributed by atoms with Crippen LogP contribution in [-0.2, 0) is 11.4 Å². The number of rotatable bonds is 5. The molecule has 0 atom stereocenters. The molecule has 0 saturated carbocycles. The third-order valence-electron chi connectivity index (χ3n) is 4.26. The van der Waals surface area contributed by atoms with Crippen LogP contribution in [0.5, 0.6) is 0 Å². The molecule has 3 heterocycles. The third-order valence-corrected chi connectivity index (χ3v) is 6.13. The topological polar surface area (TPSA) is 46.2 Å². The predicted molar refractivity (Wildman–Crippen MR) is 126 cm³/mol. The quantitative estimate of drug-likeness (QED) is 0.312. The van der Waals surface area contributed by atoms with Gasteiger partial charge in [0.25, 0.3) is 0 Å². The van der Waals surface area contributed by atoms with E-state index in [1.54, 1.807) is 24.9 Å². The first-order chi connectivity index (χ1) is 14.2. The lowest BCUT2D eigenvalue weighted by Gasteiger charge is -2.13. The molecule has 0 unspecified atom stereocenters. The summed E-state index contributed by atoms with van der Waals surface area (Å²) in [6, 6.07) is 9.66. The van der Waals surface area contributed by atoms with Crippen molar-refractivity contribution < 1.29 is 4.84 Å². The van der Waals surface area contributed by atoms with Crippen LogP contribution in [0, 0.1) is 6.92 Å². The number of aryl methyl sites for hydroxylation is 1. The fourth-order valence-electron chi connectivity index (χ4n) is 2.70. The second-order valence-electron chi connectivity index (χ2n) is 7.01. The Kier molecular flexibility index (Phi) is 7.63. The SMILES string of the molecule is CN1OC1=S.Cc1nc(C(C)C)c(Sc2cc(Cl)cc(Cl)c2)n1Cc1ccncc1. The molecule has 1 aliphatic rings. The molecule has 0 amide bonds. The lowest BCUT2D eigenvalue weighted by Crippen LogP contribution is -2.04. The fourth-order valence-corrected chi connectivity index (χ4v) is 4.76. The summed E-state index contributed by atoms with van der Waals surface area (Å²) >= 11 is 18.5. The first-order valence-corrected chi connectivity index (χ1v) is 11.3. The largest absolute Gasteiger partial charge is 0.342 e. The maximum atomic E-state index is 6.17. The highest BCUT2D eigenvalue weighted by Gasteiger charge is 2.21. The zero-order valence-corrected chi connectivity index (χ0v) is 20.2. The summed E-state index contributed by atoms with van der Waals surface area (Å²) in [5.74, 6) is 1.32. The summed E-state index contributed by atoms with van der Waals surface area (Å²) in [6.07, 6.45) is 3.63. The molecule has 3 aromatic rings. The third kappa shape index (κ3) is 6.11. The number of halogens is 2. The Balaban J connectivity index is 0.000000448. The van der Waals surface area contributed by atoms with Crippen LogP contribution < -0.4 is 0 Å². The van der Waals surface area contributed by atoms with E-state index >= 15 is 0 Å². The van der Waals surface area contributed by atoms with Gasteiger partial charge in [-0.3, -0.25) is 4.98 Å². The number of hydrogen-bond acceptors (Lipinski definition) is 5. The van der Waals surface area contributed by atoms with Crippen LogP contribution in [0.1, 0.15) is 36.8 Å². The van der Waals surface area contributed by atoms with Gasteiger partial charge in [-0.05, 0) is 61.0 Å². The van der Waals surface area contributed by atoms with Gasteiger partial charge in [-0.25, -0.2) is 4.98 Å². The Morgan fingerprint density at radius 1 is 1.13 bits per heavy atom. The Labute approximate surface area is 196 Å². The minimum absolute atomic E-state index is 0.328. The molecule has 0 N–H and O–H groups in total. The van der Waals surface area contributed by atoms with Gasteiger partial charge in [0, 0.05) is 40.9 Å². The van der Waals surface area contributed by atoms with Gasteiger partial charge in [0.05, 0.1) is 5.69 Å². The van der Waals surface area contributed by atoms with Crippen LogP contribution in [0.2, 0.25) is 10.0 Å². The summed E-state index contributed by atoms with van der Waals surface area (Å²) in [7, 11) is 1.77. The van der Waals surface area contributed by atoms with Gasteiger partial charge in [0.1, 0.15) is 10.9 Å². The number of aromatic nitrogens is 3. The van der Waals surface area contributed by atoms with Crippen LogP contribution in [0.3, 0.4) is 0 Å². The van der Waals surface area contributed by atoms with E-state index in [1.807, 2.05) is 43.6 Å². The molecule has 4 rings (SSSR count). The first kappa shape index (κ1) is 22.9. The average Bonchev–Trinajstić information content (AvgIpc) is 3.24. The normalized spacial score (nSPS) is 12.5. The summed E-state index contributed by atoms with van der Waals surface area (Å²) in [5, 5.41) is 4.51. The molecule has 1 saturated heterocycles. The maximum absolute atomic E-state index is 6.17. The van der Waals surface area contributed by atoms with E-state index in [4.69, 9.17) is 28.2 Å². The lowest BCUT2D eigenvalue weighted by atomic mass is 10.1. The number of hydrogen-bond donors (Lipinski definition) is 0. The van der Waals surface area contributed by atoms with Gasteiger partial charge in [-0.15, -0.1) is 0 Å². The number of imidazole rings is 1. The van der Waals surface area contributed by atoms with Gasteiger partial charge in [0.2, 0.25) is 0 Å². The molecule has 2 aromatic heterocycles. The summed E-state index contributed by atoms with van der Waals surface area (Å²) in [4.78, 5) is 14.4. The molecular weight excluding hydrogens is 459 g/mol. The van der Waals surface area contributed by atoms with Crippen molar-refractivity contribution in [2.45, 2.75) is 43.2 Å². The minimum atomic E-state index is 0.328. The van der Waals surface area contributed by atoms with E-state index < -0.39 is 0 Å². The molecule has 9 heteroatoms. The van der Waals surface area contributed by atoms with Crippen LogP contribution in [-0.4, -0.2) is 31.8 Å². The molecule has 0 spiro atoms. The van der Waals surface area contributed by atoms with Gasteiger partial charge in [0.15, 0.2) is 0 Å².